The molecule has 82 valence electrons. The van der Waals surface area contributed by atoms with Gasteiger partial charge in [-0.05, 0) is 13.8 Å². The topological polar surface area (TPSA) is 49.8 Å². The van der Waals surface area contributed by atoms with Crippen LogP contribution in [0.15, 0.2) is 12.7 Å². The zero-order valence-corrected chi connectivity index (χ0v) is 8.90. The van der Waals surface area contributed by atoms with Crippen molar-refractivity contribution in [1.29, 1.82) is 0 Å². The lowest BCUT2D eigenvalue weighted by Crippen LogP contribution is -2.34. The van der Waals surface area contributed by atoms with Crippen LogP contribution in [0.2, 0.25) is 0 Å². The highest BCUT2D eigenvalue weighted by Crippen LogP contribution is 1.94. The summed E-state index contributed by atoms with van der Waals surface area (Å²) >= 11 is 0. The molecule has 4 heteroatoms. The fourth-order valence-electron chi connectivity index (χ4n) is 1.04. The van der Waals surface area contributed by atoms with Crippen LogP contribution in [0.1, 0.15) is 13.8 Å². The first-order chi connectivity index (χ1) is 6.60. The Morgan fingerprint density at radius 1 is 1.64 bits per heavy atom. The maximum atomic E-state index is 11.2. The van der Waals surface area contributed by atoms with Crippen LogP contribution in [0, 0.1) is 0 Å². The van der Waals surface area contributed by atoms with E-state index in [1.165, 1.54) is 0 Å². The lowest BCUT2D eigenvalue weighted by Gasteiger charge is -2.18. The van der Waals surface area contributed by atoms with Crippen molar-refractivity contribution in [3.8, 4) is 0 Å². The molecule has 0 fully saturated rings. The average Bonchev–Trinajstić information content (AvgIpc) is 2.03. The van der Waals surface area contributed by atoms with Crippen molar-refractivity contribution in [2.45, 2.75) is 20.0 Å². The maximum absolute atomic E-state index is 11.2. The number of hydrogen-bond acceptors (Lipinski definition) is 4. The second-order valence-corrected chi connectivity index (χ2v) is 3.29. The Morgan fingerprint density at radius 3 is 2.71 bits per heavy atom. The van der Waals surface area contributed by atoms with Crippen LogP contribution in [0.4, 0.5) is 0 Å². The summed E-state index contributed by atoms with van der Waals surface area (Å²) in [7, 11) is 0. The minimum atomic E-state index is -0.268. The number of ether oxygens (including phenoxy) is 1. The summed E-state index contributed by atoms with van der Waals surface area (Å²) in [5, 5.41) is 8.73. The molecule has 1 N–H and O–H groups in total. The van der Waals surface area contributed by atoms with Crippen molar-refractivity contribution in [3.63, 3.8) is 0 Å². The molecule has 0 aliphatic carbocycles. The van der Waals surface area contributed by atoms with E-state index >= 15 is 0 Å². The smallest absolute Gasteiger partial charge is 0.320 e. The molecule has 0 aromatic rings. The number of rotatable bonds is 7. The molecule has 0 radical (unpaired) electrons. The highest BCUT2D eigenvalue weighted by atomic mass is 16.5. The highest BCUT2D eigenvalue weighted by Gasteiger charge is 2.10. The number of carbonyl (C=O) groups is 1. The molecule has 0 aromatic carbocycles. The highest BCUT2D eigenvalue weighted by molar-refractivity contribution is 5.71. The molecular weight excluding hydrogens is 182 g/mol. The van der Waals surface area contributed by atoms with Crippen molar-refractivity contribution >= 4 is 5.97 Å². The molecule has 0 spiro atoms. The van der Waals surface area contributed by atoms with E-state index in [2.05, 4.69) is 6.58 Å². The number of carbonyl (C=O) groups excluding carboxylic acids is 1. The Morgan fingerprint density at radius 2 is 2.29 bits per heavy atom. The zero-order valence-electron chi connectivity index (χ0n) is 8.90. The molecule has 0 aliphatic heterocycles. The van der Waals surface area contributed by atoms with E-state index in [0.717, 1.165) is 0 Å². The van der Waals surface area contributed by atoms with E-state index in [1.54, 1.807) is 11.0 Å². The Kier molecular flexibility index (Phi) is 7.06. The van der Waals surface area contributed by atoms with Gasteiger partial charge >= 0.3 is 5.97 Å². The summed E-state index contributed by atoms with van der Waals surface area (Å²) in [4.78, 5) is 13.0. The second-order valence-electron chi connectivity index (χ2n) is 3.29. The van der Waals surface area contributed by atoms with Gasteiger partial charge in [0.2, 0.25) is 0 Å². The van der Waals surface area contributed by atoms with Crippen molar-refractivity contribution in [2.24, 2.45) is 0 Å². The van der Waals surface area contributed by atoms with Crippen molar-refractivity contribution < 1.29 is 14.6 Å². The lowest BCUT2D eigenvalue weighted by atomic mass is 10.4. The third-order valence-electron chi connectivity index (χ3n) is 1.52. The van der Waals surface area contributed by atoms with Crippen LogP contribution in [0.3, 0.4) is 0 Å². The van der Waals surface area contributed by atoms with Crippen LogP contribution >= 0.6 is 0 Å². The van der Waals surface area contributed by atoms with Crippen LogP contribution in [0.25, 0.3) is 0 Å². The molecule has 4 nitrogen and oxygen atoms in total. The number of hydrogen-bond donors (Lipinski definition) is 1. The largest absolute Gasteiger partial charge is 0.462 e. The molecule has 14 heavy (non-hydrogen) atoms. The lowest BCUT2D eigenvalue weighted by molar-refractivity contribution is -0.148. The van der Waals surface area contributed by atoms with Crippen molar-refractivity contribution in [3.05, 3.63) is 12.7 Å². The molecule has 0 rings (SSSR count). The molecule has 0 bridgehead atoms. The van der Waals surface area contributed by atoms with Gasteiger partial charge in [0.05, 0.1) is 19.3 Å². The quantitative estimate of drug-likeness (QED) is 0.479. The molecule has 0 aromatic heterocycles. The molecule has 0 unspecified atom stereocenters. The van der Waals surface area contributed by atoms with Crippen molar-refractivity contribution in [1.82, 2.24) is 4.90 Å². The second kappa shape index (κ2) is 7.53. The summed E-state index contributed by atoms with van der Waals surface area (Å²) in [6.07, 6.45) is 1.60. The fraction of sp³-hybridized carbons (Fsp3) is 0.700. The van der Waals surface area contributed by atoms with E-state index in [1.807, 2.05) is 13.8 Å². The Labute approximate surface area is 85.2 Å². The average molecular weight is 201 g/mol. The maximum Gasteiger partial charge on any atom is 0.320 e. The summed E-state index contributed by atoms with van der Waals surface area (Å²) < 4.78 is 4.98. The number of esters is 1. The van der Waals surface area contributed by atoms with E-state index < -0.39 is 0 Å². The predicted molar refractivity (Wildman–Crippen MR) is 55.0 cm³/mol. The molecule has 0 saturated heterocycles. The third-order valence-corrected chi connectivity index (χ3v) is 1.52. The summed E-state index contributed by atoms with van der Waals surface area (Å²) in [5.74, 6) is -0.268. The van der Waals surface area contributed by atoms with E-state index in [-0.39, 0.29) is 25.2 Å². The van der Waals surface area contributed by atoms with E-state index in [4.69, 9.17) is 9.84 Å². The standard InChI is InChI=1S/C10H19NO3/c1-4-5-11(6-7-12)8-10(13)14-9(2)3/h4,9,12H,1,5-8H2,2-3H3. The van der Waals surface area contributed by atoms with E-state index in [9.17, 15) is 4.79 Å². The van der Waals surface area contributed by atoms with Gasteiger partial charge in [0.1, 0.15) is 0 Å². The van der Waals surface area contributed by atoms with Gasteiger partial charge in [0.15, 0.2) is 0 Å². The zero-order chi connectivity index (χ0) is 11.0. The van der Waals surface area contributed by atoms with Crippen LogP contribution in [-0.2, 0) is 9.53 Å². The molecule has 0 heterocycles. The molecule has 0 saturated carbocycles. The van der Waals surface area contributed by atoms with Gasteiger partial charge in [-0.2, -0.15) is 0 Å². The number of aliphatic hydroxyl groups excluding tert-OH is 1. The van der Waals surface area contributed by atoms with Gasteiger partial charge in [0.25, 0.3) is 0 Å². The van der Waals surface area contributed by atoms with Gasteiger partial charge in [-0.15, -0.1) is 6.58 Å². The number of aliphatic hydroxyl groups is 1. The van der Waals surface area contributed by atoms with Gasteiger partial charge in [0, 0.05) is 13.1 Å². The molecular formula is C10H19NO3. The first-order valence-electron chi connectivity index (χ1n) is 4.73. The van der Waals surface area contributed by atoms with Gasteiger partial charge < -0.3 is 9.84 Å². The SMILES string of the molecule is C=CCN(CCO)CC(=O)OC(C)C. The van der Waals surface area contributed by atoms with Crippen LogP contribution in [0.5, 0.6) is 0 Å². The normalized spacial score (nSPS) is 10.6. The van der Waals surface area contributed by atoms with Crippen LogP contribution in [-0.4, -0.2) is 48.3 Å². The minimum absolute atomic E-state index is 0.0306. The minimum Gasteiger partial charge on any atom is -0.462 e. The van der Waals surface area contributed by atoms with Gasteiger partial charge in [-0.3, -0.25) is 9.69 Å². The first kappa shape index (κ1) is 13.1. The fourth-order valence-corrected chi connectivity index (χ4v) is 1.04. The summed E-state index contributed by atoms with van der Waals surface area (Å²) in [5.41, 5.74) is 0. The Hall–Kier alpha value is -0.870. The Balaban J connectivity index is 3.88. The van der Waals surface area contributed by atoms with Crippen LogP contribution < -0.4 is 0 Å². The van der Waals surface area contributed by atoms with Crippen molar-refractivity contribution in [2.75, 3.05) is 26.2 Å². The summed E-state index contributed by atoms with van der Waals surface area (Å²) in [6, 6.07) is 0. The summed E-state index contributed by atoms with van der Waals surface area (Å²) in [6.45, 7) is 8.45. The molecule has 0 amide bonds. The first-order valence-corrected chi connectivity index (χ1v) is 4.73. The monoisotopic (exact) mass is 201 g/mol. The van der Waals surface area contributed by atoms with E-state index in [0.29, 0.717) is 13.1 Å². The predicted octanol–water partition coefficient (Wildman–Crippen LogP) is 0.418. The third kappa shape index (κ3) is 6.62. The van der Waals surface area contributed by atoms with Gasteiger partial charge in [-0.25, -0.2) is 0 Å². The molecule has 0 atom stereocenters. The number of nitrogens with zero attached hydrogens (tertiary/aromatic N) is 1. The molecule has 0 aliphatic rings. The van der Waals surface area contributed by atoms with Gasteiger partial charge in [-0.1, -0.05) is 6.08 Å². The Bertz CT molecular complexity index is 180.